The number of benzene rings is 1. The van der Waals surface area contributed by atoms with Gasteiger partial charge in [0.15, 0.2) is 5.82 Å². The van der Waals surface area contributed by atoms with E-state index >= 15 is 0 Å². The van der Waals surface area contributed by atoms with Crippen molar-refractivity contribution in [1.29, 1.82) is 0 Å². The van der Waals surface area contributed by atoms with Crippen molar-refractivity contribution in [2.45, 2.75) is 0 Å². The third kappa shape index (κ3) is 2.70. The van der Waals surface area contributed by atoms with Crippen LogP contribution in [0.2, 0.25) is 0 Å². The number of aliphatic carboxylic acids is 1. The number of hydrogen-bond donors (Lipinski definition) is 1. The standard InChI is InChI=1S/C12H13FN4O2/c1-16(7-10(18)19)12-15-14-11(17(12)2)8-4-3-5-9(13)6-8/h3-6H,7H2,1-2H3,(H,18,19). The lowest BCUT2D eigenvalue weighted by atomic mass is 10.2. The van der Waals surface area contributed by atoms with Crippen LogP contribution in [0.25, 0.3) is 11.4 Å². The Hall–Kier alpha value is -2.44. The van der Waals surface area contributed by atoms with Gasteiger partial charge >= 0.3 is 5.97 Å². The molecule has 0 saturated carbocycles. The van der Waals surface area contributed by atoms with Gasteiger partial charge in [0.25, 0.3) is 0 Å². The fourth-order valence-corrected chi connectivity index (χ4v) is 1.81. The Morgan fingerprint density at radius 1 is 1.47 bits per heavy atom. The van der Waals surface area contributed by atoms with Crippen LogP contribution in [-0.4, -0.2) is 39.4 Å². The number of carboxylic acid groups (broad SMARTS) is 1. The molecule has 7 heteroatoms. The molecular formula is C12H13FN4O2. The number of carbonyl (C=O) groups is 1. The molecular weight excluding hydrogens is 251 g/mol. The minimum atomic E-state index is -0.960. The lowest BCUT2D eigenvalue weighted by Gasteiger charge is -2.15. The summed E-state index contributed by atoms with van der Waals surface area (Å²) in [4.78, 5) is 12.1. The van der Waals surface area contributed by atoms with Crippen LogP contribution in [0.1, 0.15) is 0 Å². The predicted molar refractivity (Wildman–Crippen MR) is 67.3 cm³/mol. The largest absolute Gasteiger partial charge is 0.480 e. The fourth-order valence-electron chi connectivity index (χ4n) is 1.81. The van der Waals surface area contributed by atoms with Gasteiger partial charge in [-0.05, 0) is 12.1 Å². The van der Waals surface area contributed by atoms with Gasteiger partial charge in [-0.15, -0.1) is 10.2 Å². The summed E-state index contributed by atoms with van der Waals surface area (Å²) < 4.78 is 14.8. The summed E-state index contributed by atoms with van der Waals surface area (Å²) in [5.41, 5.74) is 0.588. The lowest BCUT2D eigenvalue weighted by Crippen LogP contribution is -2.27. The highest BCUT2D eigenvalue weighted by atomic mass is 19.1. The van der Waals surface area contributed by atoms with Crippen molar-refractivity contribution in [3.05, 3.63) is 30.1 Å². The highest BCUT2D eigenvalue weighted by Gasteiger charge is 2.16. The molecule has 0 fully saturated rings. The molecule has 100 valence electrons. The van der Waals surface area contributed by atoms with Crippen molar-refractivity contribution in [3.63, 3.8) is 0 Å². The van der Waals surface area contributed by atoms with Crippen molar-refractivity contribution in [2.75, 3.05) is 18.5 Å². The lowest BCUT2D eigenvalue weighted by molar-refractivity contribution is -0.135. The van der Waals surface area contributed by atoms with Crippen molar-refractivity contribution in [3.8, 4) is 11.4 Å². The van der Waals surface area contributed by atoms with Crippen LogP contribution >= 0.6 is 0 Å². The van der Waals surface area contributed by atoms with E-state index in [1.54, 1.807) is 30.8 Å². The molecule has 1 N–H and O–H groups in total. The van der Waals surface area contributed by atoms with Crippen molar-refractivity contribution in [2.24, 2.45) is 7.05 Å². The molecule has 0 aliphatic carbocycles. The van der Waals surface area contributed by atoms with Gasteiger partial charge in [-0.1, -0.05) is 12.1 Å². The zero-order chi connectivity index (χ0) is 14.0. The summed E-state index contributed by atoms with van der Waals surface area (Å²) in [6.07, 6.45) is 0. The second-order valence-corrected chi connectivity index (χ2v) is 4.14. The molecule has 0 radical (unpaired) electrons. The third-order valence-electron chi connectivity index (χ3n) is 2.65. The average Bonchev–Trinajstić information content (AvgIpc) is 2.70. The van der Waals surface area contributed by atoms with E-state index in [4.69, 9.17) is 5.11 Å². The number of halogens is 1. The highest BCUT2D eigenvalue weighted by Crippen LogP contribution is 2.21. The first-order valence-electron chi connectivity index (χ1n) is 5.57. The number of carboxylic acids is 1. The average molecular weight is 264 g/mol. The molecule has 0 bridgehead atoms. The zero-order valence-corrected chi connectivity index (χ0v) is 10.5. The van der Waals surface area contributed by atoms with Crippen LogP contribution in [0, 0.1) is 5.82 Å². The van der Waals surface area contributed by atoms with E-state index in [9.17, 15) is 9.18 Å². The van der Waals surface area contributed by atoms with E-state index in [0.29, 0.717) is 17.3 Å². The van der Waals surface area contributed by atoms with Crippen LogP contribution in [-0.2, 0) is 11.8 Å². The van der Waals surface area contributed by atoms with Crippen molar-refractivity contribution < 1.29 is 14.3 Å². The molecule has 6 nitrogen and oxygen atoms in total. The monoisotopic (exact) mass is 264 g/mol. The topological polar surface area (TPSA) is 71.2 Å². The number of hydrogen-bond acceptors (Lipinski definition) is 4. The molecule has 0 spiro atoms. The SMILES string of the molecule is CN(CC(=O)O)c1nnc(-c2cccc(F)c2)n1C. The Morgan fingerprint density at radius 3 is 2.84 bits per heavy atom. The first-order valence-corrected chi connectivity index (χ1v) is 5.57. The molecule has 1 aromatic carbocycles. The first kappa shape index (κ1) is 13.0. The van der Waals surface area contributed by atoms with E-state index in [0.717, 1.165) is 0 Å². The molecule has 2 rings (SSSR count). The van der Waals surface area contributed by atoms with E-state index in [1.807, 2.05) is 0 Å². The fraction of sp³-hybridized carbons (Fsp3) is 0.250. The summed E-state index contributed by atoms with van der Waals surface area (Å²) in [5, 5.41) is 16.6. The number of likely N-dealkylation sites (N-methyl/N-ethyl adjacent to an activating group) is 1. The van der Waals surface area contributed by atoms with Gasteiger partial charge in [-0.25, -0.2) is 4.39 Å². The van der Waals surface area contributed by atoms with Crippen molar-refractivity contribution >= 4 is 11.9 Å². The van der Waals surface area contributed by atoms with Gasteiger partial charge in [-0.2, -0.15) is 0 Å². The van der Waals surface area contributed by atoms with Crippen molar-refractivity contribution in [1.82, 2.24) is 14.8 Å². The Balaban J connectivity index is 2.35. The molecule has 0 atom stereocenters. The van der Waals surface area contributed by atoms with E-state index in [2.05, 4.69) is 10.2 Å². The first-order chi connectivity index (χ1) is 8.99. The zero-order valence-electron chi connectivity index (χ0n) is 10.5. The quantitative estimate of drug-likeness (QED) is 0.896. The van der Waals surface area contributed by atoms with Crippen LogP contribution in [0.15, 0.2) is 24.3 Å². The Bertz CT molecular complexity index is 612. The Labute approximate surface area is 109 Å². The molecule has 2 aromatic rings. The molecule has 1 heterocycles. The van der Waals surface area contributed by atoms with Gasteiger partial charge < -0.3 is 10.0 Å². The molecule has 1 aromatic heterocycles. The normalized spacial score (nSPS) is 10.5. The molecule has 0 saturated heterocycles. The Kier molecular flexibility index (Phi) is 3.46. The van der Waals surface area contributed by atoms with Crippen LogP contribution < -0.4 is 4.90 Å². The maximum absolute atomic E-state index is 13.2. The minimum Gasteiger partial charge on any atom is -0.480 e. The molecule has 0 aliphatic rings. The Morgan fingerprint density at radius 2 is 2.21 bits per heavy atom. The van der Waals surface area contributed by atoms with E-state index in [-0.39, 0.29) is 12.4 Å². The molecule has 0 unspecified atom stereocenters. The summed E-state index contributed by atoms with van der Waals surface area (Å²) in [6.45, 7) is -0.185. The van der Waals surface area contributed by atoms with Gasteiger partial charge in [0.05, 0.1) is 0 Å². The molecule has 0 amide bonds. The molecule has 0 aliphatic heterocycles. The van der Waals surface area contributed by atoms with Gasteiger partial charge in [0, 0.05) is 19.7 Å². The van der Waals surface area contributed by atoms with Crippen LogP contribution in [0.5, 0.6) is 0 Å². The van der Waals surface area contributed by atoms with Gasteiger partial charge in [-0.3, -0.25) is 9.36 Å². The van der Waals surface area contributed by atoms with Gasteiger partial charge in [0.1, 0.15) is 12.4 Å². The summed E-state index contributed by atoms with van der Waals surface area (Å²) >= 11 is 0. The second-order valence-electron chi connectivity index (χ2n) is 4.14. The second kappa shape index (κ2) is 5.05. The molecule has 19 heavy (non-hydrogen) atoms. The highest BCUT2D eigenvalue weighted by molar-refractivity contribution is 5.72. The maximum Gasteiger partial charge on any atom is 0.323 e. The third-order valence-corrected chi connectivity index (χ3v) is 2.65. The minimum absolute atomic E-state index is 0.185. The summed E-state index contributed by atoms with van der Waals surface area (Å²) in [6, 6.07) is 6.00. The number of aromatic nitrogens is 3. The predicted octanol–water partition coefficient (Wildman–Crippen LogP) is 1.14. The van der Waals surface area contributed by atoms with E-state index in [1.165, 1.54) is 17.0 Å². The number of anilines is 1. The maximum atomic E-state index is 13.2. The van der Waals surface area contributed by atoms with Crippen LogP contribution in [0.3, 0.4) is 0 Å². The van der Waals surface area contributed by atoms with E-state index < -0.39 is 5.97 Å². The smallest absolute Gasteiger partial charge is 0.323 e. The number of nitrogens with zero attached hydrogens (tertiary/aromatic N) is 4. The summed E-state index contributed by atoms with van der Waals surface area (Å²) in [5.74, 6) is -0.438. The van der Waals surface area contributed by atoms with Crippen LogP contribution in [0.4, 0.5) is 10.3 Å². The number of rotatable bonds is 4. The van der Waals surface area contributed by atoms with Gasteiger partial charge in [0.2, 0.25) is 5.95 Å². The summed E-state index contributed by atoms with van der Waals surface area (Å²) in [7, 11) is 3.31.